The Bertz CT molecular complexity index is 420. The number of carbonyl (C=O) groups is 2. The number of aliphatic carboxylic acids is 1. The summed E-state index contributed by atoms with van der Waals surface area (Å²) in [7, 11) is 0. The van der Waals surface area contributed by atoms with Gasteiger partial charge in [-0.1, -0.05) is 25.7 Å². The smallest absolute Gasteiger partial charge is 0.330 e. The average molecular weight is 311 g/mol. The Morgan fingerprint density at radius 3 is 2.52 bits per heavy atom. The summed E-state index contributed by atoms with van der Waals surface area (Å²) in [5.74, 6) is 2.00. The zero-order valence-corrected chi connectivity index (χ0v) is 13.3. The van der Waals surface area contributed by atoms with E-state index in [1.165, 1.54) is 25.7 Å². The number of rotatable bonds is 3. The highest BCUT2D eigenvalue weighted by molar-refractivity contribution is 7.99. The number of carbonyl (C=O) groups excluding carboxylic acids is 1. The zero-order chi connectivity index (χ0) is 14.9. The van der Waals surface area contributed by atoms with Crippen LogP contribution in [0, 0.1) is 17.8 Å². The molecular formula is C16H25NO3S. The normalized spacial score (nSPS) is 39.5. The van der Waals surface area contributed by atoms with E-state index in [1.807, 2.05) is 0 Å². The molecule has 2 N–H and O–H groups in total. The molecule has 0 aromatic heterocycles. The molecule has 0 bridgehead atoms. The summed E-state index contributed by atoms with van der Waals surface area (Å²) in [4.78, 5) is 24.1. The highest BCUT2D eigenvalue weighted by Crippen LogP contribution is 2.43. The van der Waals surface area contributed by atoms with Gasteiger partial charge >= 0.3 is 5.97 Å². The molecule has 3 rings (SSSR count). The third kappa shape index (κ3) is 3.08. The van der Waals surface area contributed by atoms with Crippen molar-refractivity contribution in [1.29, 1.82) is 0 Å². The van der Waals surface area contributed by atoms with Crippen LogP contribution < -0.4 is 5.32 Å². The zero-order valence-electron chi connectivity index (χ0n) is 12.5. The molecule has 1 aliphatic heterocycles. The second-order valence-electron chi connectivity index (χ2n) is 6.99. The van der Waals surface area contributed by atoms with Crippen molar-refractivity contribution >= 4 is 23.6 Å². The van der Waals surface area contributed by atoms with Crippen LogP contribution in [-0.4, -0.2) is 34.0 Å². The molecule has 4 nitrogen and oxygen atoms in total. The number of thioether (sulfide) groups is 1. The van der Waals surface area contributed by atoms with Crippen LogP contribution in [0.3, 0.4) is 0 Å². The summed E-state index contributed by atoms with van der Waals surface area (Å²) in [5, 5.41) is 12.4. The second kappa shape index (κ2) is 6.19. The molecule has 3 aliphatic rings. The topological polar surface area (TPSA) is 66.4 Å². The standard InChI is InChI=1S/C16H25NO3S/c18-14(17-16(15(19)20)7-8-21-10-16)13-6-5-11-3-1-2-4-12(11)9-13/h11-13H,1-10H2,(H,17,18)(H,19,20). The summed E-state index contributed by atoms with van der Waals surface area (Å²) < 4.78 is 0. The Kier molecular flexibility index (Phi) is 4.48. The fourth-order valence-corrected chi connectivity index (χ4v) is 5.66. The van der Waals surface area contributed by atoms with Crippen LogP contribution in [0.2, 0.25) is 0 Å². The minimum absolute atomic E-state index is 0.0103. The molecule has 4 unspecified atom stereocenters. The van der Waals surface area contributed by atoms with E-state index in [2.05, 4.69) is 5.32 Å². The van der Waals surface area contributed by atoms with E-state index < -0.39 is 11.5 Å². The first kappa shape index (κ1) is 15.2. The average Bonchev–Trinajstić information content (AvgIpc) is 2.96. The Morgan fingerprint density at radius 2 is 1.86 bits per heavy atom. The number of amides is 1. The molecule has 0 aromatic carbocycles. The van der Waals surface area contributed by atoms with Gasteiger partial charge in [0.1, 0.15) is 5.54 Å². The van der Waals surface area contributed by atoms with Crippen LogP contribution in [0.5, 0.6) is 0 Å². The molecule has 1 heterocycles. The maximum absolute atomic E-state index is 12.6. The Labute approximate surface area is 130 Å². The molecule has 3 fully saturated rings. The van der Waals surface area contributed by atoms with E-state index in [-0.39, 0.29) is 11.8 Å². The SMILES string of the molecule is O=C(NC1(C(=O)O)CCSC1)C1CCC2CCCCC2C1. The minimum atomic E-state index is -1.01. The van der Waals surface area contributed by atoms with Gasteiger partial charge in [0.2, 0.25) is 5.91 Å². The molecule has 0 radical (unpaired) electrons. The third-order valence-corrected chi connectivity index (χ3v) is 6.89. The number of hydrogen-bond acceptors (Lipinski definition) is 3. The summed E-state index contributed by atoms with van der Waals surface area (Å²) in [5.41, 5.74) is -1.01. The van der Waals surface area contributed by atoms with Gasteiger partial charge in [-0.3, -0.25) is 4.79 Å². The molecule has 0 spiro atoms. The molecule has 0 aromatic rings. The maximum atomic E-state index is 12.6. The highest BCUT2D eigenvalue weighted by Gasteiger charge is 2.45. The van der Waals surface area contributed by atoms with E-state index in [9.17, 15) is 14.7 Å². The second-order valence-corrected chi connectivity index (χ2v) is 8.10. The van der Waals surface area contributed by atoms with Crippen LogP contribution in [0.15, 0.2) is 0 Å². The van der Waals surface area contributed by atoms with Crippen LogP contribution in [0.4, 0.5) is 0 Å². The van der Waals surface area contributed by atoms with Gasteiger partial charge in [0.15, 0.2) is 0 Å². The van der Waals surface area contributed by atoms with Crippen molar-refractivity contribution in [2.45, 2.75) is 56.9 Å². The van der Waals surface area contributed by atoms with Crippen molar-refractivity contribution in [2.24, 2.45) is 17.8 Å². The fourth-order valence-electron chi connectivity index (χ4n) is 4.34. The van der Waals surface area contributed by atoms with Gasteiger partial charge in [-0.25, -0.2) is 4.79 Å². The highest BCUT2D eigenvalue weighted by atomic mass is 32.2. The number of carboxylic acid groups (broad SMARTS) is 1. The quantitative estimate of drug-likeness (QED) is 0.841. The van der Waals surface area contributed by atoms with Crippen LogP contribution in [0.25, 0.3) is 0 Å². The van der Waals surface area contributed by atoms with Crippen molar-refractivity contribution in [1.82, 2.24) is 5.32 Å². The van der Waals surface area contributed by atoms with E-state index in [1.54, 1.807) is 11.8 Å². The molecule has 2 aliphatic carbocycles. The van der Waals surface area contributed by atoms with E-state index in [4.69, 9.17) is 0 Å². The van der Waals surface area contributed by atoms with Crippen LogP contribution >= 0.6 is 11.8 Å². The Morgan fingerprint density at radius 1 is 1.10 bits per heavy atom. The first-order chi connectivity index (χ1) is 10.1. The van der Waals surface area contributed by atoms with Gasteiger partial charge in [0.05, 0.1) is 0 Å². The lowest BCUT2D eigenvalue weighted by Crippen LogP contribution is -2.56. The largest absolute Gasteiger partial charge is 0.479 e. The molecule has 2 saturated carbocycles. The van der Waals surface area contributed by atoms with E-state index >= 15 is 0 Å². The molecular weight excluding hydrogens is 286 g/mol. The van der Waals surface area contributed by atoms with Gasteiger partial charge in [0, 0.05) is 11.7 Å². The minimum Gasteiger partial charge on any atom is -0.479 e. The van der Waals surface area contributed by atoms with Gasteiger partial charge in [-0.2, -0.15) is 11.8 Å². The van der Waals surface area contributed by atoms with E-state index in [0.717, 1.165) is 30.9 Å². The molecule has 1 amide bonds. The van der Waals surface area contributed by atoms with E-state index in [0.29, 0.717) is 18.1 Å². The predicted molar refractivity (Wildman–Crippen MR) is 83.2 cm³/mol. The molecule has 21 heavy (non-hydrogen) atoms. The fraction of sp³-hybridized carbons (Fsp3) is 0.875. The van der Waals surface area contributed by atoms with Crippen molar-refractivity contribution in [3.8, 4) is 0 Å². The Balaban J connectivity index is 1.61. The summed E-state index contributed by atoms with van der Waals surface area (Å²) in [6, 6.07) is 0. The number of carboxylic acids is 1. The number of fused-ring (bicyclic) bond motifs is 1. The molecule has 1 saturated heterocycles. The lowest BCUT2D eigenvalue weighted by molar-refractivity contribution is -0.147. The lowest BCUT2D eigenvalue weighted by Gasteiger charge is -2.39. The van der Waals surface area contributed by atoms with Crippen LogP contribution in [-0.2, 0) is 9.59 Å². The molecule has 118 valence electrons. The molecule has 5 heteroatoms. The van der Waals surface area contributed by atoms with Gasteiger partial charge in [0.25, 0.3) is 0 Å². The summed E-state index contributed by atoms with van der Waals surface area (Å²) in [6.07, 6.45) is 8.84. The van der Waals surface area contributed by atoms with Crippen molar-refractivity contribution in [3.05, 3.63) is 0 Å². The van der Waals surface area contributed by atoms with Crippen molar-refractivity contribution < 1.29 is 14.7 Å². The van der Waals surface area contributed by atoms with Crippen LogP contribution in [0.1, 0.15) is 51.4 Å². The predicted octanol–water partition coefficient (Wildman–Crippen LogP) is 2.67. The van der Waals surface area contributed by atoms with Gasteiger partial charge in [-0.05, 0) is 43.3 Å². The van der Waals surface area contributed by atoms with Gasteiger partial charge in [-0.15, -0.1) is 0 Å². The Hall–Kier alpha value is -0.710. The first-order valence-electron chi connectivity index (χ1n) is 8.24. The van der Waals surface area contributed by atoms with Crippen molar-refractivity contribution in [3.63, 3.8) is 0 Å². The summed E-state index contributed by atoms with van der Waals surface area (Å²) in [6.45, 7) is 0. The first-order valence-corrected chi connectivity index (χ1v) is 9.39. The molecule has 4 atom stereocenters. The number of hydrogen-bond donors (Lipinski definition) is 2. The lowest BCUT2D eigenvalue weighted by atomic mass is 9.67. The van der Waals surface area contributed by atoms with Crippen molar-refractivity contribution in [2.75, 3.05) is 11.5 Å². The summed E-state index contributed by atoms with van der Waals surface area (Å²) >= 11 is 1.62. The monoisotopic (exact) mass is 311 g/mol. The third-order valence-electron chi connectivity index (χ3n) is 5.70. The van der Waals surface area contributed by atoms with Gasteiger partial charge < -0.3 is 10.4 Å². The number of nitrogens with one attached hydrogen (secondary N) is 1. The maximum Gasteiger partial charge on any atom is 0.330 e.